The van der Waals surface area contributed by atoms with Crippen molar-refractivity contribution in [3.05, 3.63) is 270 Å². The third-order valence-corrected chi connectivity index (χ3v) is 14.8. The minimum absolute atomic E-state index is 0.977. The van der Waals surface area contributed by atoms with E-state index in [-0.39, 0.29) is 0 Å². The molecule has 0 heteroatoms. The van der Waals surface area contributed by atoms with E-state index < -0.39 is 0 Å². The number of rotatable bonds is 25. The zero-order valence-electron chi connectivity index (χ0n) is 47.8. The molecule has 0 heterocycles. The van der Waals surface area contributed by atoms with Crippen LogP contribution in [0.2, 0.25) is 0 Å². The molecule has 0 amide bonds. The summed E-state index contributed by atoms with van der Waals surface area (Å²) in [4.78, 5) is 0. The Morgan fingerprint density at radius 1 is 0.338 bits per heavy atom. The van der Waals surface area contributed by atoms with E-state index >= 15 is 0 Å². The highest BCUT2D eigenvalue weighted by Crippen LogP contribution is 2.34. The lowest BCUT2D eigenvalue weighted by molar-refractivity contribution is 0.742. The number of hydrogen-bond donors (Lipinski definition) is 0. The van der Waals surface area contributed by atoms with Crippen LogP contribution in [0, 0.1) is 0 Å². The van der Waals surface area contributed by atoms with Gasteiger partial charge in [0.1, 0.15) is 0 Å². The van der Waals surface area contributed by atoms with Crippen LogP contribution in [-0.4, -0.2) is 0 Å². The van der Waals surface area contributed by atoms with Crippen molar-refractivity contribution in [2.45, 2.75) is 201 Å². The van der Waals surface area contributed by atoms with Gasteiger partial charge in [-0.05, 0) is 225 Å². The monoisotopic (exact) mass is 1010 g/mol. The highest BCUT2D eigenvalue weighted by molar-refractivity contribution is 5.52. The summed E-state index contributed by atoms with van der Waals surface area (Å²) in [6.07, 6.45) is 59.3. The predicted octanol–water partition coefficient (Wildman–Crippen LogP) is 22.4. The van der Waals surface area contributed by atoms with E-state index in [0.29, 0.717) is 0 Å². The molecule has 0 aromatic carbocycles. The highest BCUT2D eigenvalue weighted by atomic mass is 14.2. The Labute approximate surface area is 467 Å². The Morgan fingerprint density at radius 2 is 0.727 bits per heavy atom. The fourth-order valence-electron chi connectivity index (χ4n) is 9.80. The largest absolute Gasteiger partial charge is 0.103 e. The fraction of sp³-hybridized carbons (Fsp3) is 0.403. The normalized spacial score (nSPS) is 17.4. The van der Waals surface area contributed by atoms with Crippen LogP contribution in [0.3, 0.4) is 0 Å². The molecule has 0 aromatic heterocycles. The van der Waals surface area contributed by atoms with Crippen molar-refractivity contribution in [3.63, 3.8) is 0 Å². The van der Waals surface area contributed by atoms with Crippen LogP contribution in [0.4, 0.5) is 0 Å². The van der Waals surface area contributed by atoms with Crippen LogP contribution >= 0.6 is 0 Å². The van der Waals surface area contributed by atoms with Gasteiger partial charge in [0, 0.05) is 44.6 Å². The average molecular weight is 1010 g/mol. The van der Waals surface area contributed by atoms with Gasteiger partial charge in [-0.2, -0.15) is 0 Å². The molecule has 8 rings (SSSR count). The molecule has 0 unspecified atom stereocenters. The van der Waals surface area contributed by atoms with E-state index in [2.05, 4.69) is 171 Å². The highest BCUT2D eigenvalue weighted by Gasteiger charge is 2.16. The molecule has 0 saturated heterocycles. The Hall–Kier alpha value is -7.06. The van der Waals surface area contributed by atoms with E-state index in [1.165, 1.54) is 126 Å². The van der Waals surface area contributed by atoms with Crippen molar-refractivity contribution in [2.75, 3.05) is 0 Å². The second kappa shape index (κ2) is 36.1. The van der Waals surface area contributed by atoms with Gasteiger partial charge < -0.3 is 0 Å². The Kier molecular flexibility index (Phi) is 28.5. The van der Waals surface area contributed by atoms with Gasteiger partial charge in [-0.3, -0.25) is 0 Å². The van der Waals surface area contributed by atoms with Crippen LogP contribution in [-0.2, 0) is 0 Å². The van der Waals surface area contributed by atoms with Crippen molar-refractivity contribution in [1.82, 2.24) is 0 Å². The molecule has 396 valence electrons. The molecule has 0 fully saturated rings. The summed E-state index contributed by atoms with van der Waals surface area (Å²) in [6.45, 7) is 25.4. The molecule has 0 aromatic rings. The number of hydrogen-bond acceptors (Lipinski definition) is 0. The maximum absolute atomic E-state index is 3.80. The lowest BCUT2D eigenvalue weighted by atomic mass is 9.86. The maximum Gasteiger partial charge on any atom is 0.0405 e. The molecular formula is C77H88. The predicted molar refractivity (Wildman–Crippen MR) is 332 cm³/mol. The maximum atomic E-state index is 3.80. The molecular weight excluding hydrogens is 925 g/mol. The topological polar surface area (TPSA) is 0 Å². The molecule has 0 N–H and O–H groups in total. The summed E-state index contributed by atoms with van der Waals surface area (Å²) < 4.78 is 0. The molecule has 0 nitrogen and oxygen atoms in total. The van der Waals surface area contributed by atoms with Gasteiger partial charge in [0.2, 0.25) is 0 Å². The van der Waals surface area contributed by atoms with Gasteiger partial charge >= 0.3 is 0 Å². The second-order valence-electron chi connectivity index (χ2n) is 20.8. The quantitative estimate of drug-likeness (QED) is 0.0632. The van der Waals surface area contributed by atoms with Crippen molar-refractivity contribution >= 4 is 0 Å². The van der Waals surface area contributed by atoms with Gasteiger partial charge in [-0.1, -0.05) is 168 Å². The van der Waals surface area contributed by atoms with Crippen molar-refractivity contribution < 1.29 is 0 Å². The van der Waals surface area contributed by atoms with Gasteiger partial charge in [0.25, 0.3) is 0 Å². The Bertz CT molecular complexity index is 3030. The molecule has 77 heavy (non-hydrogen) atoms. The standard InChI is InChI=1S/C20H26.C20H24.C19H22.C18H16/c2*1-3-5-7-17-9-13-19(14-10-17)20-15-11-18(12-16-20)8-6-4-2;1-3-5-7-17-10-14-19(15-11-17)18-12-8-16(6-4-2)9-13-18;1-3-5-6-16-9-13-18(14-10-16)17-11-7-15(4-2)8-12-17/h3-4,9,11,13,15H,1-2,5-8,10,12,14,16H2;3H,1,4-9,11,13,15H2,2H3;3H,1,4-8,10,12,14H2,2H3;3,7,9,11,13H,1,4-6H2,2H3. The first kappa shape index (κ1) is 60.8. The minimum atomic E-state index is 0.977. The number of unbranched alkanes of at least 4 members (excludes halogenated alkanes) is 1. The van der Waals surface area contributed by atoms with Crippen LogP contribution < -0.4 is 0 Å². The van der Waals surface area contributed by atoms with Crippen LogP contribution in [0.15, 0.2) is 270 Å². The van der Waals surface area contributed by atoms with Crippen LogP contribution in [0.5, 0.6) is 0 Å². The van der Waals surface area contributed by atoms with E-state index in [0.717, 1.165) is 120 Å². The van der Waals surface area contributed by atoms with E-state index in [4.69, 9.17) is 0 Å². The van der Waals surface area contributed by atoms with Crippen molar-refractivity contribution in [1.29, 1.82) is 0 Å². The summed E-state index contributed by atoms with van der Waals surface area (Å²) in [5.41, 5.74) is 61.0. The van der Waals surface area contributed by atoms with Crippen molar-refractivity contribution in [3.8, 4) is 0 Å². The molecule has 0 aliphatic heterocycles. The van der Waals surface area contributed by atoms with E-state index in [9.17, 15) is 0 Å². The first-order valence-electron chi connectivity index (χ1n) is 29.4. The smallest absolute Gasteiger partial charge is 0.0405 e. The summed E-state index contributed by atoms with van der Waals surface area (Å²) in [6, 6.07) is 0. The third kappa shape index (κ3) is 22.2. The van der Waals surface area contributed by atoms with Gasteiger partial charge in [0.05, 0.1) is 0 Å². The van der Waals surface area contributed by atoms with E-state index in [1.807, 2.05) is 30.4 Å². The fourth-order valence-corrected chi connectivity index (χ4v) is 9.80. The molecule has 0 saturated carbocycles. The molecule has 0 atom stereocenters. The Morgan fingerprint density at radius 3 is 1.05 bits per heavy atom. The SMILES string of the molecule is C=CCCC1=C=C=C(C2=C=C=C(CC)C=C2)C=C1.C=CCCC1=C=C=C(C2=C=C=C(CCC)CC2)CC1.C=CCCC1=C=C=C(C2=C=C=C(CCCC)CC2)CC1.C=CCCC1=CC=C(C2=CC=C(CCC=C)CC2)CC1. The summed E-state index contributed by atoms with van der Waals surface area (Å²) in [5, 5.41) is 0. The summed E-state index contributed by atoms with van der Waals surface area (Å²) >= 11 is 0. The zero-order chi connectivity index (χ0) is 54.7. The second-order valence-corrected chi connectivity index (χ2v) is 20.8. The number of allylic oxidation sites excluding steroid dienone is 29. The minimum Gasteiger partial charge on any atom is -0.103 e. The van der Waals surface area contributed by atoms with Gasteiger partial charge in [-0.15, -0.1) is 32.9 Å². The first-order valence-corrected chi connectivity index (χ1v) is 29.4. The lowest BCUT2D eigenvalue weighted by Gasteiger charge is -2.20. The average Bonchev–Trinajstić information content (AvgIpc) is 3.50. The van der Waals surface area contributed by atoms with Crippen LogP contribution in [0.25, 0.3) is 0 Å². The molecule has 8 aliphatic rings. The van der Waals surface area contributed by atoms with Gasteiger partial charge in [-0.25, -0.2) is 0 Å². The molecule has 0 spiro atoms. The summed E-state index contributed by atoms with van der Waals surface area (Å²) in [5.74, 6) is 0. The third-order valence-electron chi connectivity index (χ3n) is 14.8. The zero-order valence-corrected chi connectivity index (χ0v) is 47.8. The molecule has 0 radical (unpaired) electrons. The van der Waals surface area contributed by atoms with Crippen molar-refractivity contribution in [2.24, 2.45) is 0 Å². The molecule has 0 bridgehead atoms. The van der Waals surface area contributed by atoms with Crippen LogP contribution in [0.1, 0.15) is 201 Å². The van der Waals surface area contributed by atoms with Gasteiger partial charge in [0.15, 0.2) is 0 Å². The lowest BCUT2D eigenvalue weighted by Crippen LogP contribution is -2.00. The molecule has 8 aliphatic carbocycles. The van der Waals surface area contributed by atoms with E-state index in [1.54, 1.807) is 22.3 Å². The Balaban J connectivity index is 0.000000189. The first-order chi connectivity index (χ1) is 37.8. The summed E-state index contributed by atoms with van der Waals surface area (Å²) in [7, 11) is 0.